The second-order valence-electron chi connectivity index (χ2n) is 5.39. The van der Waals surface area contributed by atoms with Crippen LogP contribution in [0, 0.1) is 6.92 Å². The molecule has 1 atom stereocenters. The zero-order valence-corrected chi connectivity index (χ0v) is 13.8. The number of nitrogens with zero attached hydrogens (tertiary/aromatic N) is 1. The molecule has 0 aliphatic carbocycles. The van der Waals surface area contributed by atoms with E-state index >= 15 is 0 Å². The van der Waals surface area contributed by atoms with E-state index < -0.39 is 10.0 Å². The van der Waals surface area contributed by atoms with Gasteiger partial charge in [-0.15, -0.1) is 0 Å². The first-order valence-corrected chi connectivity index (χ1v) is 9.12. The van der Waals surface area contributed by atoms with Gasteiger partial charge in [0.15, 0.2) is 0 Å². The molecular weight excluding hydrogens is 296 g/mol. The minimum atomic E-state index is -3.23. The highest BCUT2D eigenvalue weighted by Crippen LogP contribution is 2.23. The van der Waals surface area contributed by atoms with Crippen molar-refractivity contribution in [3.05, 3.63) is 65.5 Å². The molecule has 0 spiro atoms. The fraction of sp³-hybridized carbons (Fsp3) is 0.353. The van der Waals surface area contributed by atoms with Crippen LogP contribution in [0.1, 0.15) is 36.1 Å². The Morgan fingerprint density at radius 3 is 2.45 bits per heavy atom. The van der Waals surface area contributed by atoms with Crippen LogP contribution >= 0.6 is 0 Å². The maximum absolute atomic E-state index is 11.9. The Kier molecular flexibility index (Phi) is 5.69. The lowest BCUT2D eigenvalue weighted by atomic mass is 9.94. The molecule has 5 heteroatoms. The molecule has 0 radical (unpaired) electrons. The highest BCUT2D eigenvalue weighted by molar-refractivity contribution is 7.89. The number of hydrogen-bond donors (Lipinski definition) is 1. The highest BCUT2D eigenvalue weighted by Gasteiger charge is 2.18. The van der Waals surface area contributed by atoms with Crippen LogP contribution in [0.5, 0.6) is 0 Å². The maximum atomic E-state index is 11.9. The van der Waals surface area contributed by atoms with Crippen LogP contribution < -0.4 is 4.72 Å². The minimum absolute atomic E-state index is 0.0894. The van der Waals surface area contributed by atoms with E-state index in [9.17, 15) is 8.42 Å². The maximum Gasteiger partial charge on any atom is 0.211 e. The van der Waals surface area contributed by atoms with Gasteiger partial charge in [0.05, 0.1) is 5.75 Å². The molecule has 1 N–H and O–H groups in total. The predicted molar refractivity (Wildman–Crippen MR) is 89.3 cm³/mol. The number of rotatable bonds is 7. The molecule has 1 aromatic carbocycles. The van der Waals surface area contributed by atoms with Crippen LogP contribution in [0.3, 0.4) is 0 Å². The van der Waals surface area contributed by atoms with E-state index in [1.165, 1.54) is 5.56 Å². The summed E-state index contributed by atoms with van der Waals surface area (Å²) in [6.07, 6.45) is 2.34. The van der Waals surface area contributed by atoms with Crippen molar-refractivity contribution in [3.8, 4) is 0 Å². The molecule has 0 saturated carbocycles. The standard InChI is InChI=1S/C17H22N2O2S/c1-3-12-22(20,21)19-13-16(17-6-4-5-11-18-17)15-9-7-14(2)8-10-15/h4-11,16,19H,3,12-13H2,1-2H3. The van der Waals surface area contributed by atoms with E-state index in [1.807, 2.05) is 56.3 Å². The second kappa shape index (κ2) is 7.51. The zero-order valence-electron chi connectivity index (χ0n) is 13.0. The predicted octanol–water partition coefficient (Wildman–Crippen LogP) is 2.85. The van der Waals surface area contributed by atoms with Crippen LogP contribution in [0.15, 0.2) is 48.7 Å². The topological polar surface area (TPSA) is 59.1 Å². The Bertz CT molecular complexity index is 682. The summed E-state index contributed by atoms with van der Waals surface area (Å²) >= 11 is 0. The summed E-state index contributed by atoms with van der Waals surface area (Å²) in [5.41, 5.74) is 3.10. The van der Waals surface area contributed by atoms with Gasteiger partial charge in [-0.2, -0.15) is 0 Å². The monoisotopic (exact) mass is 318 g/mol. The molecule has 1 heterocycles. The van der Waals surface area contributed by atoms with Crippen molar-refractivity contribution in [2.75, 3.05) is 12.3 Å². The smallest absolute Gasteiger partial charge is 0.211 e. The number of nitrogens with one attached hydrogen (secondary N) is 1. The third-order valence-corrected chi connectivity index (χ3v) is 5.06. The first kappa shape index (κ1) is 16.6. The van der Waals surface area contributed by atoms with Crippen LogP contribution in [-0.2, 0) is 10.0 Å². The van der Waals surface area contributed by atoms with Gasteiger partial charge in [-0.25, -0.2) is 13.1 Å². The van der Waals surface area contributed by atoms with E-state index in [1.54, 1.807) is 6.20 Å². The summed E-state index contributed by atoms with van der Waals surface area (Å²) in [6, 6.07) is 13.8. The Morgan fingerprint density at radius 1 is 1.14 bits per heavy atom. The number of aryl methyl sites for hydroxylation is 1. The fourth-order valence-electron chi connectivity index (χ4n) is 2.33. The molecular formula is C17H22N2O2S. The van der Waals surface area contributed by atoms with Gasteiger partial charge in [0.1, 0.15) is 0 Å². The molecule has 1 unspecified atom stereocenters. The summed E-state index contributed by atoms with van der Waals surface area (Å²) in [5.74, 6) is 0.0592. The van der Waals surface area contributed by atoms with Crippen molar-refractivity contribution in [1.29, 1.82) is 0 Å². The van der Waals surface area contributed by atoms with Gasteiger partial charge >= 0.3 is 0 Å². The van der Waals surface area contributed by atoms with Gasteiger partial charge in [0, 0.05) is 24.4 Å². The molecule has 118 valence electrons. The number of hydrogen-bond acceptors (Lipinski definition) is 3. The Labute approximate surface area is 132 Å². The van der Waals surface area contributed by atoms with Gasteiger partial charge in [-0.1, -0.05) is 42.8 Å². The first-order chi connectivity index (χ1) is 10.5. The summed E-state index contributed by atoms with van der Waals surface area (Å²) in [6.45, 7) is 4.21. The minimum Gasteiger partial charge on any atom is -0.261 e. The van der Waals surface area contributed by atoms with Gasteiger partial charge in [-0.05, 0) is 31.0 Å². The van der Waals surface area contributed by atoms with Crippen LogP contribution in [0.2, 0.25) is 0 Å². The number of benzene rings is 1. The van der Waals surface area contributed by atoms with Gasteiger partial charge in [0.2, 0.25) is 10.0 Å². The highest BCUT2D eigenvalue weighted by atomic mass is 32.2. The average Bonchev–Trinajstić information content (AvgIpc) is 2.50. The van der Waals surface area contributed by atoms with Crippen molar-refractivity contribution >= 4 is 10.0 Å². The summed E-state index contributed by atoms with van der Waals surface area (Å²) < 4.78 is 26.5. The third kappa shape index (κ3) is 4.64. The molecule has 0 fully saturated rings. The molecule has 0 aliphatic heterocycles. The van der Waals surface area contributed by atoms with Crippen LogP contribution in [-0.4, -0.2) is 25.7 Å². The lowest BCUT2D eigenvalue weighted by molar-refractivity contribution is 0.575. The van der Waals surface area contributed by atoms with Gasteiger partial charge in [-0.3, -0.25) is 4.98 Å². The van der Waals surface area contributed by atoms with Crippen molar-refractivity contribution in [2.45, 2.75) is 26.2 Å². The zero-order chi connectivity index (χ0) is 16.0. The largest absolute Gasteiger partial charge is 0.261 e. The first-order valence-electron chi connectivity index (χ1n) is 7.46. The fourth-order valence-corrected chi connectivity index (χ4v) is 3.43. The Balaban J connectivity index is 2.25. The average molecular weight is 318 g/mol. The number of aromatic nitrogens is 1. The molecule has 0 aliphatic rings. The Hall–Kier alpha value is -1.72. The SMILES string of the molecule is CCCS(=O)(=O)NCC(c1ccc(C)cc1)c1ccccn1. The lowest BCUT2D eigenvalue weighted by Crippen LogP contribution is -2.31. The molecule has 4 nitrogen and oxygen atoms in total. The van der Waals surface area contributed by atoms with E-state index in [2.05, 4.69) is 9.71 Å². The van der Waals surface area contributed by atoms with Gasteiger partial charge in [0.25, 0.3) is 0 Å². The second-order valence-corrected chi connectivity index (χ2v) is 7.31. The van der Waals surface area contributed by atoms with Crippen molar-refractivity contribution in [1.82, 2.24) is 9.71 Å². The van der Waals surface area contributed by atoms with Gasteiger partial charge < -0.3 is 0 Å². The lowest BCUT2D eigenvalue weighted by Gasteiger charge is -2.18. The van der Waals surface area contributed by atoms with Crippen LogP contribution in [0.25, 0.3) is 0 Å². The molecule has 22 heavy (non-hydrogen) atoms. The van der Waals surface area contributed by atoms with E-state index in [0.29, 0.717) is 13.0 Å². The van der Waals surface area contributed by atoms with E-state index in [0.717, 1.165) is 11.3 Å². The summed E-state index contributed by atoms with van der Waals surface area (Å²) in [5, 5.41) is 0. The third-order valence-electron chi connectivity index (χ3n) is 3.50. The van der Waals surface area contributed by atoms with E-state index in [-0.39, 0.29) is 11.7 Å². The quantitative estimate of drug-likeness (QED) is 0.854. The number of pyridine rings is 1. The van der Waals surface area contributed by atoms with E-state index in [4.69, 9.17) is 0 Å². The van der Waals surface area contributed by atoms with Crippen molar-refractivity contribution in [2.24, 2.45) is 0 Å². The summed E-state index contributed by atoms with van der Waals surface area (Å²) in [7, 11) is -3.23. The van der Waals surface area contributed by atoms with Crippen molar-refractivity contribution in [3.63, 3.8) is 0 Å². The Morgan fingerprint density at radius 2 is 1.86 bits per heavy atom. The molecule has 1 aromatic heterocycles. The summed E-state index contributed by atoms with van der Waals surface area (Å²) in [4.78, 5) is 4.39. The number of sulfonamides is 1. The normalized spacial score (nSPS) is 13.0. The van der Waals surface area contributed by atoms with Crippen LogP contribution in [0.4, 0.5) is 0 Å². The molecule has 2 rings (SSSR count). The molecule has 0 amide bonds. The molecule has 2 aromatic rings. The molecule has 0 saturated heterocycles. The molecule has 0 bridgehead atoms. The van der Waals surface area contributed by atoms with Crippen molar-refractivity contribution < 1.29 is 8.42 Å².